The molecule has 1 amide bonds. The highest BCUT2D eigenvalue weighted by atomic mass is 35.5. The molecule has 1 saturated heterocycles. The number of sulfonamides is 1. The highest BCUT2D eigenvalue weighted by Gasteiger charge is 2.40. The van der Waals surface area contributed by atoms with Crippen molar-refractivity contribution in [3.8, 4) is 0 Å². The summed E-state index contributed by atoms with van der Waals surface area (Å²) >= 11 is 6.08. The van der Waals surface area contributed by atoms with E-state index < -0.39 is 16.1 Å². The van der Waals surface area contributed by atoms with E-state index in [1.165, 1.54) is 15.3 Å². The molecule has 1 aromatic rings. The Hall–Kier alpha value is -1.11. The van der Waals surface area contributed by atoms with Crippen LogP contribution in [0.1, 0.15) is 18.4 Å². The SMILES string of the molecule is Cc1ccc(S(=O)(=O)N2CCCC2C(=O)N(C)C)c(Cl)c1. The maximum absolute atomic E-state index is 12.8. The summed E-state index contributed by atoms with van der Waals surface area (Å²) in [7, 11) is -0.501. The second-order valence-electron chi connectivity index (χ2n) is 5.44. The van der Waals surface area contributed by atoms with Gasteiger partial charge in [-0.1, -0.05) is 17.7 Å². The number of carbonyl (C=O) groups excluding carboxylic acids is 1. The molecule has 0 aromatic heterocycles. The van der Waals surface area contributed by atoms with Crippen LogP contribution in [0.4, 0.5) is 0 Å². The first kappa shape index (κ1) is 16.3. The summed E-state index contributed by atoms with van der Waals surface area (Å²) in [6, 6.07) is 4.19. The van der Waals surface area contributed by atoms with E-state index >= 15 is 0 Å². The van der Waals surface area contributed by atoms with Crippen LogP contribution in [0.15, 0.2) is 23.1 Å². The van der Waals surface area contributed by atoms with E-state index in [9.17, 15) is 13.2 Å². The van der Waals surface area contributed by atoms with E-state index in [1.807, 2.05) is 6.92 Å². The molecule has 2 rings (SSSR count). The summed E-state index contributed by atoms with van der Waals surface area (Å²) < 4.78 is 26.8. The molecular weight excluding hydrogens is 312 g/mol. The number of hydrogen-bond acceptors (Lipinski definition) is 3. The molecule has 0 N–H and O–H groups in total. The van der Waals surface area contributed by atoms with Gasteiger partial charge in [-0.2, -0.15) is 4.31 Å². The number of hydrogen-bond donors (Lipinski definition) is 0. The molecule has 1 aliphatic heterocycles. The molecule has 5 nitrogen and oxygen atoms in total. The molecule has 0 bridgehead atoms. The first-order valence-electron chi connectivity index (χ1n) is 6.74. The molecule has 116 valence electrons. The molecule has 1 unspecified atom stereocenters. The van der Waals surface area contributed by atoms with Gasteiger partial charge in [-0.05, 0) is 37.5 Å². The fraction of sp³-hybridized carbons (Fsp3) is 0.500. The number of nitrogens with zero attached hydrogens (tertiary/aromatic N) is 2. The van der Waals surface area contributed by atoms with Gasteiger partial charge in [0.2, 0.25) is 15.9 Å². The lowest BCUT2D eigenvalue weighted by atomic mass is 10.2. The van der Waals surface area contributed by atoms with Gasteiger partial charge in [-0.25, -0.2) is 8.42 Å². The van der Waals surface area contributed by atoms with Crippen LogP contribution < -0.4 is 0 Å². The van der Waals surface area contributed by atoms with Crippen molar-refractivity contribution in [2.75, 3.05) is 20.6 Å². The number of amides is 1. The fourth-order valence-electron chi connectivity index (χ4n) is 2.51. The highest BCUT2D eigenvalue weighted by Crippen LogP contribution is 2.31. The third-order valence-electron chi connectivity index (χ3n) is 3.60. The summed E-state index contributed by atoms with van der Waals surface area (Å²) in [5, 5.41) is 0.193. The van der Waals surface area contributed by atoms with Crippen molar-refractivity contribution in [3.63, 3.8) is 0 Å². The lowest BCUT2D eigenvalue weighted by molar-refractivity contribution is -0.132. The Labute approximate surface area is 130 Å². The van der Waals surface area contributed by atoms with E-state index in [-0.39, 0.29) is 15.8 Å². The number of carbonyl (C=O) groups is 1. The Bertz CT molecular complexity index is 658. The Kier molecular flexibility index (Phi) is 4.60. The van der Waals surface area contributed by atoms with E-state index in [0.29, 0.717) is 19.4 Å². The standard InChI is InChI=1S/C14H19ClN2O3S/c1-10-6-7-13(11(15)9-10)21(19,20)17-8-4-5-12(17)14(18)16(2)3/h6-7,9,12H,4-5,8H2,1-3H3. The van der Waals surface area contributed by atoms with Crippen molar-refractivity contribution >= 4 is 27.5 Å². The van der Waals surface area contributed by atoms with Gasteiger partial charge in [-0.15, -0.1) is 0 Å². The van der Waals surface area contributed by atoms with Crippen LogP contribution in [0, 0.1) is 6.92 Å². The van der Waals surface area contributed by atoms with Crippen molar-refractivity contribution in [1.29, 1.82) is 0 Å². The summed E-state index contributed by atoms with van der Waals surface area (Å²) in [6.07, 6.45) is 1.21. The van der Waals surface area contributed by atoms with Gasteiger partial charge in [0.1, 0.15) is 10.9 Å². The summed E-state index contributed by atoms with van der Waals surface area (Å²) in [6.45, 7) is 2.19. The lowest BCUT2D eigenvalue weighted by Gasteiger charge is -2.26. The minimum atomic E-state index is -3.76. The highest BCUT2D eigenvalue weighted by molar-refractivity contribution is 7.89. The van der Waals surface area contributed by atoms with Crippen molar-refractivity contribution < 1.29 is 13.2 Å². The van der Waals surface area contributed by atoms with Crippen LogP contribution in [0.2, 0.25) is 5.02 Å². The van der Waals surface area contributed by atoms with E-state index in [2.05, 4.69) is 0 Å². The fourth-order valence-corrected chi connectivity index (χ4v) is 4.74. The van der Waals surface area contributed by atoms with Gasteiger partial charge >= 0.3 is 0 Å². The van der Waals surface area contributed by atoms with Gasteiger partial charge in [-0.3, -0.25) is 4.79 Å². The molecule has 0 radical (unpaired) electrons. The normalized spacial score (nSPS) is 19.7. The average molecular weight is 331 g/mol. The third kappa shape index (κ3) is 3.07. The van der Waals surface area contributed by atoms with Crippen LogP contribution in [0.25, 0.3) is 0 Å². The molecule has 1 heterocycles. The Balaban J connectivity index is 2.41. The zero-order valence-electron chi connectivity index (χ0n) is 12.3. The molecule has 0 spiro atoms. The van der Waals surface area contributed by atoms with E-state index in [4.69, 9.17) is 11.6 Å². The van der Waals surface area contributed by atoms with E-state index in [1.54, 1.807) is 26.2 Å². The molecule has 1 atom stereocenters. The van der Waals surface area contributed by atoms with Crippen LogP contribution >= 0.6 is 11.6 Å². The van der Waals surface area contributed by atoms with Gasteiger partial charge in [0.25, 0.3) is 0 Å². The van der Waals surface area contributed by atoms with Crippen LogP contribution in [-0.2, 0) is 14.8 Å². The van der Waals surface area contributed by atoms with Crippen LogP contribution in [0.3, 0.4) is 0 Å². The number of benzene rings is 1. The zero-order valence-corrected chi connectivity index (χ0v) is 13.9. The predicted molar refractivity (Wildman–Crippen MR) is 81.8 cm³/mol. The second kappa shape index (κ2) is 5.94. The number of rotatable bonds is 3. The maximum atomic E-state index is 12.8. The number of halogens is 1. The first-order valence-corrected chi connectivity index (χ1v) is 8.56. The number of aryl methyl sites for hydroxylation is 1. The van der Waals surface area contributed by atoms with Crippen molar-refractivity contribution in [3.05, 3.63) is 28.8 Å². The molecular formula is C14H19ClN2O3S. The molecule has 7 heteroatoms. The smallest absolute Gasteiger partial charge is 0.245 e. The van der Waals surface area contributed by atoms with Gasteiger partial charge in [0.05, 0.1) is 5.02 Å². The van der Waals surface area contributed by atoms with Gasteiger partial charge in [0, 0.05) is 20.6 Å². The summed E-state index contributed by atoms with van der Waals surface area (Å²) in [5.74, 6) is -0.195. The molecule has 1 aromatic carbocycles. The zero-order chi connectivity index (χ0) is 15.8. The number of likely N-dealkylation sites (N-methyl/N-ethyl adjacent to an activating group) is 1. The predicted octanol–water partition coefficient (Wildman–Crippen LogP) is 1.89. The second-order valence-corrected chi connectivity index (χ2v) is 7.71. The molecule has 1 fully saturated rings. The van der Waals surface area contributed by atoms with Crippen LogP contribution in [-0.4, -0.2) is 50.2 Å². The molecule has 1 aliphatic rings. The first-order chi connectivity index (χ1) is 9.75. The Morgan fingerprint density at radius 2 is 2.05 bits per heavy atom. The lowest BCUT2D eigenvalue weighted by Crippen LogP contribution is -2.45. The summed E-state index contributed by atoms with van der Waals surface area (Å²) in [5.41, 5.74) is 0.890. The third-order valence-corrected chi connectivity index (χ3v) is 5.99. The van der Waals surface area contributed by atoms with E-state index in [0.717, 1.165) is 5.56 Å². The molecule has 21 heavy (non-hydrogen) atoms. The van der Waals surface area contributed by atoms with Gasteiger partial charge < -0.3 is 4.90 Å². The van der Waals surface area contributed by atoms with Crippen molar-refractivity contribution in [1.82, 2.24) is 9.21 Å². The van der Waals surface area contributed by atoms with Crippen molar-refractivity contribution in [2.45, 2.75) is 30.7 Å². The minimum Gasteiger partial charge on any atom is -0.347 e. The topological polar surface area (TPSA) is 57.7 Å². The maximum Gasteiger partial charge on any atom is 0.245 e. The summed E-state index contributed by atoms with van der Waals surface area (Å²) in [4.78, 5) is 13.6. The molecule has 0 saturated carbocycles. The largest absolute Gasteiger partial charge is 0.347 e. The Morgan fingerprint density at radius 3 is 2.62 bits per heavy atom. The minimum absolute atomic E-state index is 0.0632. The van der Waals surface area contributed by atoms with Gasteiger partial charge in [0.15, 0.2) is 0 Å². The Morgan fingerprint density at radius 1 is 1.38 bits per heavy atom. The molecule has 0 aliphatic carbocycles. The van der Waals surface area contributed by atoms with Crippen LogP contribution in [0.5, 0.6) is 0 Å². The average Bonchev–Trinajstić information content (AvgIpc) is 2.86. The van der Waals surface area contributed by atoms with Crippen molar-refractivity contribution in [2.24, 2.45) is 0 Å². The quantitative estimate of drug-likeness (QED) is 0.850. The monoisotopic (exact) mass is 330 g/mol.